The van der Waals surface area contributed by atoms with Crippen LogP contribution in [0.2, 0.25) is 0 Å². The fourth-order valence-electron chi connectivity index (χ4n) is 3.31. The van der Waals surface area contributed by atoms with Crippen LogP contribution >= 0.6 is 0 Å². The molecule has 128 valence electrons. The molecule has 3 rings (SSSR count). The Morgan fingerprint density at radius 2 is 2.13 bits per heavy atom. The molecule has 0 spiro atoms. The van der Waals surface area contributed by atoms with Crippen LogP contribution in [0.3, 0.4) is 0 Å². The van der Waals surface area contributed by atoms with Crippen LogP contribution in [0.5, 0.6) is 0 Å². The first-order chi connectivity index (χ1) is 11.4. The molecule has 1 aromatic rings. The van der Waals surface area contributed by atoms with Crippen molar-refractivity contribution >= 4 is 5.82 Å². The highest BCUT2D eigenvalue weighted by atomic mass is 16.7. The van der Waals surface area contributed by atoms with E-state index in [9.17, 15) is 0 Å². The number of pyridine rings is 1. The number of hydrogen-bond donors (Lipinski definition) is 0. The Balaban J connectivity index is 1.33. The first-order valence-electron chi connectivity index (χ1n) is 9.03. The van der Waals surface area contributed by atoms with Crippen LogP contribution in [-0.2, 0) is 9.47 Å². The van der Waals surface area contributed by atoms with E-state index < -0.39 is 0 Å². The molecule has 0 N–H and O–H groups in total. The average Bonchev–Trinajstić information content (AvgIpc) is 2.86. The molecule has 23 heavy (non-hydrogen) atoms. The van der Waals surface area contributed by atoms with Gasteiger partial charge in [-0.3, -0.25) is 0 Å². The maximum Gasteiger partial charge on any atom is 0.157 e. The van der Waals surface area contributed by atoms with E-state index in [-0.39, 0.29) is 6.29 Å². The molecule has 0 bridgehead atoms. The summed E-state index contributed by atoms with van der Waals surface area (Å²) in [5.41, 5.74) is 0. The molecule has 0 aromatic carbocycles. The predicted octanol–water partition coefficient (Wildman–Crippen LogP) is 2.53. The topological polar surface area (TPSA) is 37.8 Å². The molecule has 0 radical (unpaired) electrons. The number of hydrogen-bond acceptors (Lipinski definition) is 5. The fourth-order valence-corrected chi connectivity index (χ4v) is 3.31. The van der Waals surface area contributed by atoms with Gasteiger partial charge in [-0.15, -0.1) is 0 Å². The molecule has 0 saturated carbocycles. The molecule has 1 atom stereocenters. The van der Waals surface area contributed by atoms with Gasteiger partial charge in [-0.1, -0.05) is 6.07 Å². The first kappa shape index (κ1) is 16.7. The van der Waals surface area contributed by atoms with Gasteiger partial charge < -0.3 is 19.3 Å². The summed E-state index contributed by atoms with van der Waals surface area (Å²) in [5, 5.41) is 0. The van der Waals surface area contributed by atoms with E-state index in [0.717, 1.165) is 58.1 Å². The number of aromatic nitrogens is 1. The predicted molar refractivity (Wildman–Crippen MR) is 91.7 cm³/mol. The molecular formula is C18H29N3O2. The summed E-state index contributed by atoms with van der Waals surface area (Å²) in [5.74, 6) is 1.10. The van der Waals surface area contributed by atoms with Gasteiger partial charge in [0.05, 0.1) is 6.61 Å². The zero-order valence-corrected chi connectivity index (χ0v) is 14.0. The SMILES string of the molecule is c1ccc(N2CCCN(CCCO[C@H]3CCCCO3)CC2)nc1. The molecular weight excluding hydrogens is 290 g/mol. The third-order valence-electron chi connectivity index (χ3n) is 4.62. The maximum atomic E-state index is 5.83. The Morgan fingerprint density at radius 3 is 2.96 bits per heavy atom. The third-order valence-corrected chi connectivity index (χ3v) is 4.62. The molecule has 5 nitrogen and oxygen atoms in total. The molecule has 0 unspecified atom stereocenters. The monoisotopic (exact) mass is 319 g/mol. The van der Waals surface area contributed by atoms with E-state index in [0.29, 0.717) is 0 Å². The lowest BCUT2D eigenvalue weighted by molar-refractivity contribution is -0.163. The smallest absolute Gasteiger partial charge is 0.157 e. The zero-order chi connectivity index (χ0) is 15.7. The van der Waals surface area contributed by atoms with Gasteiger partial charge in [0.1, 0.15) is 5.82 Å². The number of anilines is 1. The van der Waals surface area contributed by atoms with Gasteiger partial charge in [-0.25, -0.2) is 4.98 Å². The van der Waals surface area contributed by atoms with Crippen LogP contribution in [-0.4, -0.2) is 62.1 Å². The Kier molecular flexibility index (Phi) is 6.68. The van der Waals surface area contributed by atoms with E-state index in [1.54, 1.807) is 0 Å². The normalized spacial score (nSPS) is 23.7. The largest absolute Gasteiger partial charge is 0.355 e. The molecule has 1 aromatic heterocycles. The van der Waals surface area contributed by atoms with Crippen molar-refractivity contribution in [3.63, 3.8) is 0 Å². The van der Waals surface area contributed by atoms with Crippen LogP contribution in [0, 0.1) is 0 Å². The molecule has 2 saturated heterocycles. The van der Waals surface area contributed by atoms with E-state index in [4.69, 9.17) is 9.47 Å². The summed E-state index contributed by atoms with van der Waals surface area (Å²) in [6, 6.07) is 6.15. The summed E-state index contributed by atoms with van der Waals surface area (Å²) < 4.78 is 11.4. The van der Waals surface area contributed by atoms with Crippen molar-refractivity contribution in [1.82, 2.24) is 9.88 Å². The average molecular weight is 319 g/mol. The van der Waals surface area contributed by atoms with Gasteiger partial charge in [0.2, 0.25) is 0 Å². The molecule has 5 heteroatoms. The van der Waals surface area contributed by atoms with Crippen LogP contribution in [0.15, 0.2) is 24.4 Å². The second kappa shape index (κ2) is 9.21. The minimum absolute atomic E-state index is 0.0486. The van der Waals surface area contributed by atoms with Crippen LogP contribution < -0.4 is 4.90 Å². The van der Waals surface area contributed by atoms with Crippen molar-refractivity contribution in [1.29, 1.82) is 0 Å². The molecule has 2 fully saturated rings. The van der Waals surface area contributed by atoms with Gasteiger partial charge in [-0.2, -0.15) is 0 Å². The van der Waals surface area contributed by atoms with Crippen LogP contribution in [0.4, 0.5) is 5.82 Å². The highest BCUT2D eigenvalue weighted by molar-refractivity contribution is 5.37. The Hall–Kier alpha value is -1.17. The lowest BCUT2D eigenvalue weighted by Crippen LogP contribution is -2.32. The second-order valence-corrected chi connectivity index (χ2v) is 6.39. The summed E-state index contributed by atoms with van der Waals surface area (Å²) in [6.07, 6.45) is 7.69. The van der Waals surface area contributed by atoms with Crippen molar-refractivity contribution in [2.45, 2.75) is 38.4 Å². The summed E-state index contributed by atoms with van der Waals surface area (Å²) in [6.45, 7) is 7.22. The number of ether oxygens (including phenoxy) is 2. The van der Waals surface area contributed by atoms with Crippen molar-refractivity contribution in [3.05, 3.63) is 24.4 Å². The summed E-state index contributed by atoms with van der Waals surface area (Å²) in [4.78, 5) is 9.41. The van der Waals surface area contributed by atoms with Crippen LogP contribution in [0.1, 0.15) is 32.1 Å². The third kappa shape index (κ3) is 5.44. The van der Waals surface area contributed by atoms with Crippen molar-refractivity contribution in [2.75, 3.05) is 50.8 Å². The molecule has 0 aliphatic carbocycles. The molecule has 2 aliphatic heterocycles. The lowest BCUT2D eigenvalue weighted by Gasteiger charge is -2.24. The lowest BCUT2D eigenvalue weighted by atomic mass is 10.2. The standard InChI is InChI=1S/C18H29N3O2/c1-3-9-19-17(7-1)21-12-5-10-20(13-14-21)11-6-16-23-18-8-2-4-15-22-18/h1,3,7,9,18H,2,4-6,8,10-16H2/t18-/m0/s1. The van der Waals surface area contributed by atoms with E-state index in [1.807, 2.05) is 12.3 Å². The van der Waals surface area contributed by atoms with Crippen molar-refractivity contribution in [3.8, 4) is 0 Å². The maximum absolute atomic E-state index is 5.83. The first-order valence-corrected chi connectivity index (χ1v) is 9.03. The van der Waals surface area contributed by atoms with E-state index in [2.05, 4.69) is 26.9 Å². The van der Waals surface area contributed by atoms with Gasteiger partial charge in [-0.05, 0) is 50.8 Å². The van der Waals surface area contributed by atoms with Gasteiger partial charge >= 0.3 is 0 Å². The molecule has 0 amide bonds. The highest BCUT2D eigenvalue weighted by Crippen LogP contribution is 2.15. The minimum atomic E-state index is 0.0486. The summed E-state index contributed by atoms with van der Waals surface area (Å²) >= 11 is 0. The van der Waals surface area contributed by atoms with Gasteiger partial charge in [0.25, 0.3) is 0 Å². The zero-order valence-electron chi connectivity index (χ0n) is 14.0. The quantitative estimate of drug-likeness (QED) is 0.753. The number of rotatable bonds is 6. The Bertz CT molecular complexity index is 437. The van der Waals surface area contributed by atoms with Crippen molar-refractivity contribution < 1.29 is 9.47 Å². The van der Waals surface area contributed by atoms with Crippen molar-refractivity contribution in [2.24, 2.45) is 0 Å². The van der Waals surface area contributed by atoms with Gasteiger partial charge in [0, 0.05) is 39.0 Å². The van der Waals surface area contributed by atoms with E-state index in [1.165, 1.54) is 25.8 Å². The minimum Gasteiger partial charge on any atom is -0.355 e. The second-order valence-electron chi connectivity index (χ2n) is 6.39. The molecule has 2 aliphatic rings. The fraction of sp³-hybridized carbons (Fsp3) is 0.722. The van der Waals surface area contributed by atoms with E-state index >= 15 is 0 Å². The highest BCUT2D eigenvalue weighted by Gasteiger charge is 2.16. The van der Waals surface area contributed by atoms with Crippen LogP contribution in [0.25, 0.3) is 0 Å². The Labute approximate surface area is 139 Å². The number of nitrogens with zero attached hydrogens (tertiary/aromatic N) is 3. The van der Waals surface area contributed by atoms with Gasteiger partial charge in [0.15, 0.2) is 6.29 Å². The Morgan fingerprint density at radius 1 is 1.13 bits per heavy atom. The molecule has 3 heterocycles. The summed E-state index contributed by atoms with van der Waals surface area (Å²) in [7, 11) is 0.